The summed E-state index contributed by atoms with van der Waals surface area (Å²) in [5.74, 6) is -4.82. The minimum atomic E-state index is -1.35. The van der Waals surface area contributed by atoms with Crippen LogP contribution in [0, 0.1) is 0 Å². The van der Waals surface area contributed by atoms with Gasteiger partial charge in [-0.1, -0.05) is 97.1 Å². The van der Waals surface area contributed by atoms with E-state index in [-0.39, 0.29) is 45.1 Å². The van der Waals surface area contributed by atoms with Crippen molar-refractivity contribution in [3.63, 3.8) is 0 Å². The molecule has 1 aliphatic rings. The van der Waals surface area contributed by atoms with Crippen LogP contribution < -0.4 is 32.3 Å². The molecule has 11 N–H and O–H groups in total. The highest BCUT2D eigenvalue weighted by molar-refractivity contribution is 7.98. The Hall–Kier alpha value is -7.48. The molecule has 19 heteroatoms. The Bertz CT molecular complexity index is 2840. The zero-order valence-electron chi connectivity index (χ0n) is 39.8. The second kappa shape index (κ2) is 25.1. The third-order valence-corrected chi connectivity index (χ3v) is 13.5. The Morgan fingerprint density at radius 2 is 1.08 bits per heavy atom. The van der Waals surface area contributed by atoms with Gasteiger partial charge in [-0.15, -0.1) is 0 Å². The van der Waals surface area contributed by atoms with Crippen molar-refractivity contribution in [2.75, 3.05) is 25.2 Å². The molecule has 72 heavy (non-hydrogen) atoms. The Morgan fingerprint density at radius 1 is 0.625 bits per heavy atom. The number of aliphatic hydroxyl groups excluding tert-OH is 1. The van der Waals surface area contributed by atoms with Crippen molar-refractivity contribution < 1.29 is 43.8 Å². The van der Waals surface area contributed by atoms with Crippen molar-refractivity contribution in [3.05, 3.63) is 144 Å². The predicted octanol–water partition coefficient (Wildman–Crippen LogP) is 2.49. The van der Waals surface area contributed by atoms with Crippen molar-refractivity contribution in [1.82, 2.24) is 41.5 Å². The number of nitrogens with two attached hydrogens (primary N) is 1. The van der Waals surface area contributed by atoms with E-state index in [0.717, 1.165) is 21.8 Å². The molecule has 0 saturated carbocycles. The lowest BCUT2D eigenvalue weighted by Gasteiger charge is -2.30. The number of aliphatic carboxylic acids is 1. The van der Waals surface area contributed by atoms with Crippen LogP contribution in [0.5, 0.6) is 0 Å². The molecule has 3 heterocycles. The van der Waals surface area contributed by atoms with Gasteiger partial charge in [0.25, 0.3) is 0 Å². The highest BCUT2D eigenvalue weighted by atomic mass is 32.2. The lowest BCUT2D eigenvalue weighted by atomic mass is 10.00. The normalized spacial score (nSPS) is 15.9. The fraction of sp³-hybridized carbons (Fsp3) is 0.340. The number of hydrogen-bond donors (Lipinski definition) is 10. The Labute approximate surface area is 420 Å². The average Bonchev–Trinajstić information content (AvgIpc) is 4.16. The molecule has 0 bridgehead atoms. The number of thioether (sulfide) groups is 1. The van der Waals surface area contributed by atoms with E-state index in [1.54, 1.807) is 73.1 Å². The van der Waals surface area contributed by atoms with E-state index in [2.05, 4.69) is 36.6 Å². The number of para-hydroxylation sites is 2. The SMILES string of the molecule is CSCC[C@H](NC(=O)[C@@H](N)CO)C(=O)N1CCC[C@H]1C(=O)N[C@@H](Cc1c[nH]c2ccccc12)C(=O)N[C@@H](Cc1c[nH]c2ccccc12)C(=O)N[C@@H](Cc1ccccc1)C(=O)N[C@@H](Cc1ccccc1)C(=O)O. The smallest absolute Gasteiger partial charge is 0.326 e. The topological polar surface area (TPSA) is 281 Å². The van der Waals surface area contributed by atoms with Gasteiger partial charge in [-0.3, -0.25) is 28.8 Å². The van der Waals surface area contributed by atoms with Crippen LogP contribution in [0.2, 0.25) is 0 Å². The van der Waals surface area contributed by atoms with E-state index < -0.39 is 90.3 Å². The molecule has 6 amide bonds. The lowest BCUT2D eigenvalue weighted by molar-refractivity contribution is -0.142. The molecule has 7 atom stereocenters. The van der Waals surface area contributed by atoms with Gasteiger partial charge in [-0.25, -0.2) is 4.79 Å². The summed E-state index contributed by atoms with van der Waals surface area (Å²) in [6.07, 6.45) is 6.16. The monoisotopic (exact) mass is 999 g/mol. The van der Waals surface area contributed by atoms with E-state index in [1.165, 1.54) is 16.7 Å². The Morgan fingerprint density at radius 3 is 1.60 bits per heavy atom. The Kier molecular flexibility index (Phi) is 18.2. The van der Waals surface area contributed by atoms with Crippen molar-refractivity contribution in [2.45, 2.75) is 87.2 Å². The number of aromatic nitrogens is 2. The van der Waals surface area contributed by atoms with Crippen molar-refractivity contribution in [1.29, 1.82) is 0 Å². The molecule has 0 spiro atoms. The molecule has 2 aromatic heterocycles. The number of carboxylic acids is 1. The number of fused-ring (bicyclic) bond motifs is 2. The fourth-order valence-corrected chi connectivity index (χ4v) is 9.48. The van der Waals surface area contributed by atoms with Crippen LogP contribution in [0.4, 0.5) is 0 Å². The molecule has 1 fully saturated rings. The zero-order chi connectivity index (χ0) is 51.1. The molecular weight excluding hydrogens is 939 g/mol. The van der Waals surface area contributed by atoms with Crippen molar-refractivity contribution in [3.8, 4) is 0 Å². The molecule has 378 valence electrons. The zero-order valence-corrected chi connectivity index (χ0v) is 40.7. The number of nitrogens with one attached hydrogen (secondary N) is 7. The summed E-state index contributed by atoms with van der Waals surface area (Å²) in [7, 11) is 0. The van der Waals surface area contributed by atoms with E-state index in [1.807, 2.05) is 54.8 Å². The standard InChI is InChI=1S/C53H61N9O9S/c1-72-24-22-41(57-47(64)38(54)31-63)52(69)62-23-12-21-46(62)51(68)60-44(28-35-30-56-40-20-11-9-18-37(35)40)50(67)59-43(27-34-29-55-39-19-10-8-17-36(34)39)49(66)58-42(25-32-13-4-2-5-14-32)48(65)61-45(53(70)71)26-33-15-6-3-7-16-33/h2-11,13-20,29-30,38,41-46,55-56,63H,12,21-28,31,54H2,1H3,(H,57,64)(H,58,66)(H,59,67)(H,60,68)(H,61,65)(H,70,71)/t38-,41-,42-,43-,44-,45-,46-/m0/s1. The molecule has 4 aromatic carbocycles. The van der Waals surface area contributed by atoms with E-state index >= 15 is 0 Å². The predicted molar refractivity (Wildman–Crippen MR) is 274 cm³/mol. The second-order valence-electron chi connectivity index (χ2n) is 17.9. The lowest BCUT2D eigenvalue weighted by Crippen LogP contribution is -2.60. The number of carbonyl (C=O) groups is 7. The van der Waals surface area contributed by atoms with Crippen LogP contribution in [-0.4, -0.2) is 134 Å². The second-order valence-corrected chi connectivity index (χ2v) is 18.9. The summed E-state index contributed by atoms with van der Waals surface area (Å²) in [6.45, 7) is -0.418. The number of likely N-dealkylation sites (tertiary alicyclic amines) is 1. The van der Waals surface area contributed by atoms with Crippen molar-refractivity contribution >= 4 is 75.0 Å². The summed E-state index contributed by atoms with van der Waals surface area (Å²) >= 11 is 1.47. The van der Waals surface area contributed by atoms with Gasteiger partial charge in [0.15, 0.2) is 0 Å². The summed E-state index contributed by atoms with van der Waals surface area (Å²) in [4.78, 5) is 106. The number of carbonyl (C=O) groups excluding carboxylic acids is 6. The number of benzene rings is 4. The van der Waals surface area contributed by atoms with Crippen LogP contribution in [0.1, 0.15) is 41.5 Å². The molecule has 18 nitrogen and oxygen atoms in total. The molecule has 1 aliphatic heterocycles. The van der Waals surface area contributed by atoms with E-state index in [4.69, 9.17) is 5.73 Å². The Balaban J connectivity index is 1.18. The molecule has 0 unspecified atom stereocenters. The molecule has 0 radical (unpaired) electrons. The maximum absolute atomic E-state index is 15.0. The van der Waals surface area contributed by atoms with Crippen LogP contribution in [0.3, 0.4) is 0 Å². The number of rotatable bonds is 24. The largest absolute Gasteiger partial charge is 0.480 e. The van der Waals surface area contributed by atoms with Gasteiger partial charge in [0.05, 0.1) is 6.61 Å². The number of H-pyrrole nitrogens is 2. The summed E-state index contributed by atoms with van der Waals surface area (Å²) in [6, 6.07) is 24.1. The number of hydrogen-bond acceptors (Lipinski definition) is 10. The molecule has 1 saturated heterocycles. The summed E-state index contributed by atoms with van der Waals surface area (Å²) in [5, 5.41) is 35.2. The van der Waals surface area contributed by atoms with Gasteiger partial charge in [-0.2, -0.15) is 11.8 Å². The van der Waals surface area contributed by atoms with Gasteiger partial charge in [0.2, 0.25) is 35.4 Å². The van der Waals surface area contributed by atoms with E-state index in [0.29, 0.717) is 34.4 Å². The van der Waals surface area contributed by atoms with Gasteiger partial charge < -0.3 is 57.4 Å². The van der Waals surface area contributed by atoms with Gasteiger partial charge in [0, 0.05) is 66.4 Å². The number of aromatic amines is 2. The van der Waals surface area contributed by atoms with Gasteiger partial charge in [-0.05, 0) is 65.7 Å². The fourth-order valence-electron chi connectivity index (χ4n) is 9.01. The maximum Gasteiger partial charge on any atom is 0.326 e. The van der Waals surface area contributed by atoms with E-state index in [9.17, 15) is 43.8 Å². The molecule has 0 aliphatic carbocycles. The van der Waals surface area contributed by atoms with Crippen LogP contribution in [0.15, 0.2) is 122 Å². The third-order valence-electron chi connectivity index (χ3n) is 12.9. The first-order valence-electron chi connectivity index (χ1n) is 23.9. The molecule has 6 aromatic rings. The van der Waals surface area contributed by atoms with Crippen LogP contribution in [0.25, 0.3) is 21.8 Å². The molecular formula is C53H61N9O9S. The van der Waals surface area contributed by atoms with Gasteiger partial charge >= 0.3 is 5.97 Å². The highest BCUT2D eigenvalue weighted by Crippen LogP contribution is 2.24. The third kappa shape index (κ3) is 13.5. The maximum atomic E-state index is 15.0. The summed E-state index contributed by atoms with van der Waals surface area (Å²) in [5.41, 5.74) is 10.1. The number of nitrogens with zero attached hydrogens (tertiary/aromatic N) is 1. The van der Waals surface area contributed by atoms with Crippen molar-refractivity contribution in [2.24, 2.45) is 5.73 Å². The number of aliphatic hydroxyl groups is 1. The summed E-state index contributed by atoms with van der Waals surface area (Å²) < 4.78 is 0. The average molecular weight is 1000 g/mol. The number of carboxylic acid groups (broad SMARTS) is 1. The van der Waals surface area contributed by atoms with Crippen LogP contribution >= 0.6 is 11.8 Å². The van der Waals surface area contributed by atoms with Crippen LogP contribution in [-0.2, 0) is 59.2 Å². The molecule has 7 rings (SSSR count). The minimum absolute atomic E-state index is 0.0159. The van der Waals surface area contributed by atoms with Gasteiger partial charge in [0.1, 0.15) is 42.3 Å². The minimum Gasteiger partial charge on any atom is -0.480 e. The quantitative estimate of drug-likeness (QED) is 0.0421. The first-order valence-corrected chi connectivity index (χ1v) is 25.3. The highest BCUT2D eigenvalue weighted by Gasteiger charge is 2.40. The first kappa shape index (κ1) is 52.3. The first-order chi connectivity index (χ1) is 34.8. The number of amides is 6.